The number of carboxylic acid groups (broad SMARTS) is 1. The quantitative estimate of drug-likeness (QED) is 0.409. The molecule has 10 nitrogen and oxygen atoms in total. The van der Waals surface area contributed by atoms with E-state index in [9.17, 15) is 19.5 Å². The van der Waals surface area contributed by atoms with Crippen molar-refractivity contribution in [3.63, 3.8) is 0 Å². The highest BCUT2D eigenvalue weighted by atomic mass is 16.6. The Kier molecular flexibility index (Phi) is 6.84. The number of alkyl carbamates (subject to hydrolysis) is 1. The van der Waals surface area contributed by atoms with Crippen molar-refractivity contribution in [2.24, 2.45) is 11.0 Å². The third kappa shape index (κ3) is 6.74. The molecule has 2 atom stereocenters. The molecule has 0 aliphatic carbocycles. The number of likely N-dealkylation sites (tertiary alicyclic amines) is 1. The second kappa shape index (κ2) is 8.39. The van der Waals surface area contributed by atoms with Crippen LogP contribution in [0.1, 0.15) is 33.6 Å². The van der Waals surface area contributed by atoms with Gasteiger partial charge in [0.05, 0.1) is 0 Å². The van der Waals surface area contributed by atoms with Gasteiger partial charge in [-0.3, -0.25) is 4.79 Å². The van der Waals surface area contributed by atoms with Gasteiger partial charge in [-0.2, -0.15) is 0 Å². The van der Waals surface area contributed by atoms with Gasteiger partial charge in [-0.05, 0) is 38.6 Å². The molecule has 2 N–H and O–H groups in total. The number of carbonyl (C=O) groups is 3. The molecule has 1 aliphatic heterocycles. The lowest BCUT2D eigenvalue weighted by atomic mass is 10.1. The molecule has 1 saturated heterocycles. The molecule has 0 aromatic carbocycles. The highest BCUT2D eigenvalue weighted by Gasteiger charge is 2.31. The van der Waals surface area contributed by atoms with Gasteiger partial charge in [-0.15, -0.1) is 0 Å². The van der Waals surface area contributed by atoms with E-state index >= 15 is 0 Å². The Balaban J connectivity index is 2.52. The first-order valence-corrected chi connectivity index (χ1v) is 7.63. The molecular weight excluding hydrogens is 318 g/mol. The fourth-order valence-electron chi connectivity index (χ4n) is 2.34. The van der Waals surface area contributed by atoms with Gasteiger partial charge in [0.15, 0.2) is 0 Å². The number of carboxylic acids is 1. The van der Waals surface area contributed by atoms with Gasteiger partial charge in [-0.25, -0.2) is 9.59 Å². The molecule has 1 heterocycles. The molecule has 1 fully saturated rings. The highest BCUT2D eigenvalue weighted by Crippen LogP contribution is 2.18. The zero-order valence-corrected chi connectivity index (χ0v) is 14.1. The first kappa shape index (κ1) is 19.6. The van der Waals surface area contributed by atoms with E-state index in [1.54, 1.807) is 20.8 Å². The SMILES string of the molecule is CC(C)(C)OC(=O)N[C@@H](CCN1CC(CN=[N+]=[N-])CC1=O)C(=O)O. The zero-order chi connectivity index (χ0) is 18.3. The lowest BCUT2D eigenvalue weighted by molar-refractivity contribution is -0.140. The normalized spacial score (nSPS) is 18.7. The summed E-state index contributed by atoms with van der Waals surface area (Å²) < 4.78 is 5.03. The van der Waals surface area contributed by atoms with Crippen LogP contribution in [0.15, 0.2) is 5.11 Å². The Labute approximate surface area is 139 Å². The predicted octanol–water partition coefficient (Wildman–Crippen LogP) is 1.51. The van der Waals surface area contributed by atoms with Crippen molar-refractivity contribution in [3.8, 4) is 0 Å². The van der Waals surface area contributed by atoms with E-state index in [2.05, 4.69) is 15.3 Å². The Bertz CT molecular complexity index is 538. The summed E-state index contributed by atoms with van der Waals surface area (Å²) in [5.74, 6) is -1.37. The van der Waals surface area contributed by atoms with Crippen molar-refractivity contribution in [1.82, 2.24) is 10.2 Å². The van der Waals surface area contributed by atoms with E-state index in [0.29, 0.717) is 6.54 Å². The number of azide groups is 1. The van der Waals surface area contributed by atoms with Gasteiger partial charge in [0.2, 0.25) is 5.91 Å². The molecule has 1 unspecified atom stereocenters. The number of amides is 2. The number of rotatable bonds is 7. The monoisotopic (exact) mass is 341 g/mol. The van der Waals surface area contributed by atoms with Crippen LogP contribution in [0.5, 0.6) is 0 Å². The van der Waals surface area contributed by atoms with Crippen LogP contribution in [0, 0.1) is 5.92 Å². The standard InChI is InChI=1S/C14H23N5O5/c1-14(2,3)24-13(23)17-10(12(21)22)4-5-19-8-9(6-11(19)20)7-16-18-15/h9-10H,4-8H2,1-3H3,(H,17,23)(H,21,22)/t9?,10-/m0/s1. The molecule has 0 aromatic heterocycles. The Morgan fingerprint density at radius 2 is 2.21 bits per heavy atom. The average molecular weight is 341 g/mol. The summed E-state index contributed by atoms with van der Waals surface area (Å²) in [6.07, 6.45) is -0.478. The summed E-state index contributed by atoms with van der Waals surface area (Å²) in [5.41, 5.74) is 7.57. The summed E-state index contributed by atoms with van der Waals surface area (Å²) in [5, 5.41) is 14.9. The first-order chi connectivity index (χ1) is 11.1. The van der Waals surface area contributed by atoms with Crippen molar-refractivity contribution in [2.45, 2.75) is 45.3 Å². The molecule has 2 amide bonds. The molecule has 0 aromatic rings. The Morgan fingerprint density at radius 3 is 2.75 bits per heavy atom. The summed E-state index contributed by atoms with van der Waals surface area (Å²) in [4.78, 5) is 39.0. The summed E-state index contributed by atoms with van der Waals surface area (Å²) in [6.45, 7) is 5.87. The molecule has 24 heavy (non-hydrogen) atoms. The first-order valence-electron chi connectivity index (χ1n) is 7.63. The molecule has 1 rings (SSSR count). The van der Waals surface area contributed by atoms with Crippen molar-refractivity contribution < 1.29 is 24.2 Å². The maximum Gasteiger partial charge on any atom is 0.408 e. The van der Waals surface area contributed by atoms with Crippen molar-refractivity contribution in [3.05, 3.63) is 10.4 Å². The third-order valence-corrected chi connectivity index (χ3v) is 3.37. The fourth-order valence-corrected chi connectivity index (χ4v) is 2.34. The number of aliphatic carboxylic acids is 1. The summed E-state index contributed by atoms with van der Waals surface area (Å²) in [7, 11) is 0. The lowest BCUT2D eigenvalue weighted by Crippen LogP contribution is -2.45. The van der Waals surface area contributed by atoms with Crippen LogP contribution < -0.4 is 5.32 Å². The molecule has 0 radical (unpaired) electrons. The van der Waals surface area contributed by atoms with Crippen molar-refractivity contribution in [2.75, 3.05) is 19.6 Å². The van der Waals surface area contributed by atoms with Crippen molar-refractivity contribution in [1.29, 1.82) is 0 Å². The third-order valence-electron chi connectivity index (χ3n) is 3.37. The molecule has 10 heteroatoms. The van der Waals surface area contributed by atoms with Crippen molar-refractivity contribution >= 4 is 18.0 Å². The van der Waals surface area contributed by atoms with Gasteiger partial charge in [-0.1, -0.05) is 5.11 Å². The number of hydrogen-bond acceptors (Lipinski definition) is 5. The predicted molar refractivity (Wildman–Crippen MR) is 84.1 cm³/mol. The number of nitrogens with one attached hydrogen (secondary N) is 1. The van der Waals surface area contributed by atoms with Crippen LogP contribution in [-0.4, -0.2) is 59.3 Å². The molecule has 134 valence electrons. The maximum absolute atomic E-state index is 11.9. The molecule has 0 spiro atoms. The maximum atomic E-state index is 11.9. The van der Waals surface area contributed by atoms with E-state index in [4.69, 9.17) is 10.3 Å². The topological polar surface area (TPSA) is 145 Å². The van der Waals surface area contributed by atoms with E-state index in [-0.39, 0.29) is 37.8 Å². The fraction of sp³-hybridized carbons (Fsp3) is 0.786. The average Bonchev–Trinajstić information content (AvgIpc) is 2.79. The van der Waals surface area contributed by atoms with Crippen LogP contribution in [0.25, 0.3) is 10.4 Å². The number of hydrogen-bond donors (Lipinski definition) is 2. The molecule has 0 bridgehead atoms. The Hall–Kier alpha value is -2.48. The van der Waals surface area contributed by atoms with E-state index < -0.39 is 23.7 Å². The summed E-state index contributed by atoms with van der Waals surface area (Å²) in [6, 6.07) is -1.15. The lowest BCUT2D eigenvalue weighted by Gasteiger charge is -2.23. The van der Waals surface area contributed by atoms with Crippen LogP contribution in [0.3, 0.4) is 0 Å². The molecular formula is C14H23N5O5. The van der Waals surface area contributed by atoms with Crippen LogP contribution in [0.2, 0.25) is 0 Å². The van der Waals surface area contributed by atoms with Crippen LogP contribution in [0.4, 0.5) is 4.79 Å². The smallest absolute Gasteiger partial charge is 0.408 e. The van der Waals surface area contributed by atoms with Gasteiger partial charge < -0.3 is 20.1 Å². The van der Waals surface area contributed by atoms with Gasteiger partial charge >= 0.3 is 12.1 Å². The second-order valence-corrected chi connectivity index (χ2v) is 6.65. The molecule has 0 saturated carbocycles. The van der Waals surface area contributed by atoms with E-state index in [0.717, 1.165) is 0 Å². The van der Waals surface area contributed by atoms with Crippen LogP contribution in [-0.2, 0) is 14.3 Å². The number of nitrogens with zero attached hydrogens (tertiary/aromatic N) is 4. The minimum Gasteiger partial charge on any atom is -0.480 e. The largest absolute Gasteiger partial charge is 0.480 e. The number of carbonyl (C=O) groups excluding carboxylic acids is 2. The van der Waals surface area contributed by atoms with E-state index in [1.165, 1.54) is 4.90 Å². The van der Waals surface area contributed by atoms with E-state index in [1.807, 2.05) is 0 Å². The zero-order valence-electron chi connectivity index (χ0n) is 14.1. The van der Waals surface area contributed by atoms with Gasteiger partial charge in [0.25, 0.3) is 0 Å². The minimum atomic E-state index is -1.20. The summed E-state index contributed by atoms with van der Waals surface area (Å²) >= 11 is 0. The Morgan fingerprint density at radius 1 is 1.54 bits per heavy atom. The second-order valence-electron chi connectivity index (χ2n) is 6.65. The highest BCUT2D eigenvalue weighted by molar-refractivity contribution is 5.81. The minimum absolute atomic E-state index is 0.0597. The van der Waals surface area contributed by atoms with Gasteiger partial charge in [0.1, 0.15) is 11.6 Å². The number of ether oxygens (including phenoxy) is 1. The van der Waals surface area contributed by atoms with Crippen LogP contribution >= 0.6 is 0 Å². The molecule has 1 aliphatic rings. The van der Waals surface area contributed by atoms with Gasteiger partial charge in [0, 0.05) is 31.0 Å².